The average Bonchev–Trinajstić information content (AvgIpc) is 2.36. The van der Waals surface area contributed by atoms with Gasteiger partial charge >= 0.3 is 0 Å². The molecule has 4 heteroatoms. The highest BCUT2D eigenvalue weighted by molar-refractivity contribution is 5.76. The number of hydrogen-bond acceptors (Lipinski definition) is 3. The number of nitrogens with one attached hydrogen (secondary N) is 2. The molecule has 0 fully saturated rings. The monoisotopic (exact) mass is 229 g/mol. The van der Waals surface area contributed by atoms with Crippen LogP contribution in [0, 0.1) is 11.3 Å². The highest BCUT2D eigenvalue weighted by atomic mass is 16.1. The first-order valence-electron chi connectivity index (χ1n) is 5.38. The second kappa shape index (κ2) is 7.07. The number of carbonyl (C=O) groups excluding carboxylic acids is 1. The van der Waals surface area contributed by atoms with Gasteiger partial charge in [-0.1, -0.05) is 12.1 Å². The standard InChI is InChI=1S/C13H15N3O/c1-2-7-16-13(17)6-8-15-12-5-3-4-11(9-12)10-14/h2-5,9,15H,1,6-8H2,(H,16,17). The highest BCUT2D eigenvalue weighted by Gasteiger charge is 1.99. The maximum absolute atomic E-state index is 11.3. The van der Waals surface area contributed by atoms with E-state index in [0.717, 1.165) is 5.69 Å². The van der Waals surface area contributed by atoms with E-state index < -0.39 is 0 Å². The topological polar surface area (TPSA) is 64.9 Å². The Labute approximate surface area is 101 Å². The Kier molecular flexibility index (Phi) is 5.32. The molecule has 1 aromatic rings. The van der Waals surface area contributed by atoms with Crippen molar-refractivity contribution in [1.82, 2.24) is 5.32 Å². The van der Waals surface area contributed by atoms with Crippen molar-refractivity contribution in [2.24, 2.45) is 0 Å². The van der Waals surface area contributed by atoms with Crippen LogP contribution in [0.5, 0.6) is 0 Å². The summed E-state index contributed by atoms with van der Waals surface area (Å²) in [5.74, 6) is -0.0196. The van der Waals surface area contributed by atoms with Gasteiger partial charge in [0.1, 0.15) is 0 Å². The molecule has 0 saturated carbocycles. The van der Waals surface area contributed by atoms with Crippen LogP contribution in [0.4, 0.5) is 5.69 Å². The fourth-order valence-electron chi connectivity index (χ4n) is 1.29. The van der Waals surface area contributed by atoms with Gasteiger partial charge in [0.2, 0.25) is 5.91 Å². The number of anilines is 1. The van der Waals surface area contributed by atoms with Crippen molar-refractivity contribution < 1.29 is 4.79 Å². The Morgan fingerprint density at radius 3 is 3.06 bits per heavy atom. The molecule has 0 aliphatic carbocycles. The van der Waals surface area contributed by atoms with Crippen molar-refractivity contribution in [3.05, 3.63) is 42.5 Å². The molecule has 0 aromatic heterocycles. The quantitative estimate of drug-likeness (QED) is 0.729. The lowest BCUT2D eigenvalue weighted by molar-refractivity contribution is -0.120. The van der Waals surface area contributed by atoms with E-state index in [1.165, 1.54) is 0 Å². The van der Waals surface area contributed by atoms with E-state index in [1.54, 1.807) is 24.3 Å². The van der Waals surface area contributed by atoms with Crippen molar-refractivity contribution >= 4 is 11.6 Å². The molecule has 4 nitrogen and oxygen atoms in total. The SMILES string of the molecule is C=CCNC(=O)CCNc1cccc(C#N)c1. The van der Waals surface area contributed by atoms with E-state index in [1.807, 2.05) is 6.07 Å². The second-order valence-corrected chi connectivity index (χ2v) is 3.46. The smallest absolute Gasteiger partial charge is 0.222 e. The van der Waals surface area contributed by atoms with Crippen LogP contribution in [0.25, 0.3) is 0 Å². The molecule has 0 aliphatic rings. The number of amides is 1. The van der Waals surface area contributed by atoms with Crippen LogP contribution in [0.3, 0.4) is 0 Å². The number of rotatable bonds is 6. The summed E-state index contributed by atoms with van der Waals surface area (Å²) in [6.07, 6.45) is 2.03. The van der Waals surface area contributed by atoms with Gasteiger partial charge in [0.15, 0.2) is 0 Å². The number of carbonyl (C=O) groups is 1. The van der Waals surface area contributed by atoms with E-state index >= 15 is 0 Å². The zero-order chi connectivity index (χ0) is 12.5. The molecule has 2 N–H and O–H groups in total. The third kappa shape index (κ3) is 4.85. The average molecular weight is 229 g/mol. The fourth-order valence-corrected chi connectivity index (χ4v) is 1.29. The third-order valence-electron chi connectivity index (χ3n) is 2.12. The van der Waals surface area contributed by atoms with E-state index in [9.17, 15) is 4.79 Å². The van der Waals surface area contributed by atoms with Crippen molar-refractivity contribution in [2.75, 3.05) is 18.4 Å². The predicted octanol–water partition coefficient (Wildman–Crippen LogP) is 1.66. The molecule has 88 valence electrons. The van der Waals surface area contributed by atoms with Crippen molar-refractivity contribution in [2.45, 2.75) is 6.42 Å². The van der Waals surface area contributed by atoms with Gasteiger partial charge in [-0.15, -0.1) is 6.58 Å². The summed E-state index contributed by atoms with van der Waals surface area (Å²) in [5.41, 5.74) is 1.45. The molecule has 0 atom stereocenters. The van der Waals surface area contributed by atoms with Crippen LogP contribution < -0.4 is 10.6 Å². The lowest BCUT2D eigenvalue weighted by Crippen LogP contribution is -2.25. The van der Waals surface area contributed by atoms with Gasteiger partial charge in [-0.3, -0.25) is 4.79 Å². The summed E-state index contributed by atoms with van der Waals surface area (Å²) in [6.45, 7) is 4.55. The molecule has 0 heterocycles. The zero-order valence-corrected chi connectivity index (χ0v) is 9.57. The van der Waals surface area contributed by atoms with Crippen LogP contribution in [-0.2, 0) is 4.79 Å². The highest BCUT2D eigenvalue weighted by Crippen LogP contribution is 2.09. The minimum atomic E-state index is -0.0196. The maximum Gasteiger partial charge on any atom is 0.222 e. The molecule has 0 aliphatic heterocycles. The van der Waals surface area contributed by atoms with E-state index in [-0.39, 0.29) is 5.91 Å². The Bertz CT molecular complexity index is 435. The molecule has 1 rings (SSSR count). The summed E-state index contributed by atoms with van der Waals surface area (Å²) < 4.78 is 0. The van der Waals surface area contributed by atoms with Gasteiger partial charge in [0, 0.05) is 25.2 Å². The van der Waals surface area contributed by atoms with Gasteiger partial charge in [-0.05, 0) is 18.2 Å². The van der Waals surface area contributed by atoms with Crippen LogP contribution >= 0.6 is 0 Å². The van der Waals surface area contributed by atoms with Gasteiger partial charge < -0.3 is 10.6 Å². The summed E-state index contributed by atoms with van der Waals surface area (Å²) in [4.78, 5) is 11.3. The molecule has 0 radical (unpaired) electrons. The van der Waals surface area contributed by atoms with Crippen LogP contribution in [0.15, 0.2) is 36.9 Å². The van der Waals surface area contributed by atoms with Crippen molar-refractivity contribution in [1.29, 1.82) is 5.26 Å². The first-order chi connectivity index (χ1) is 8.26. The van der Waals surface area contributed by atoms with E-state index in [4.69, 9.17) is 5.26 Å². The molecule has 0 saturated heterocycles. The molecule has 1 amide bonds. The minimum absolute atomic E-state index is 0.0196. The van der Waals surface area contributed by atoms with Crippen LogP contribution in [-0.4, -0.2) is 19.0 Å². The van der Waals surface area contributed by atoms with E-state index in [0.29, 0.717) is 25.1 Å². The zero-order valence-electron chi connectivity index (χ0n) is 9.57. The molecule has 17 heavy (non-hydrogen) atoms. The normalized spacial score (nSPS) is 9.12. The lowest BCUT2D eigenvalue weighted by Gasteiger charge is -2.06. The summed E-state index contributed by atoms with van der Waals surface area (Å²) in [7, 11) is 0. The largest absolute Gasteiger partial charge is 0.384 e. The summed E-state index contributed by atoms with van der Waals surface area (Å²) >= 11 is 0. The summed E-state index contributed by atoms with van der Waals surface area (Å²) in [5, 5.41) is 14.5. The molecule has 0 bridgehead atoms. The molecule has 1 aromatic carbocycles. The summed E-state index contributed by atoms with van der Waals surface area (Å²) in [6, 6.07) is 9.22. The van der Waals surface area contributed by atoms with Gasteiger partial charge in [0.25, 0.3) is 0 Å². The Hall–Kier alpha value is -2.28. The lowest BCUT2D eigenvalue weighted by atomic mass is 10.2. The van der Waals surface area contributed by atoms with Crippen molar-refractivity contribution in [3.63, 3.8) is 0 Å². The number of benzene rings is 1. The Balaban J connectivity index is 2.33. The van der Waals surface area contributed by atoms with E-state index in [2.05, 4.69) is 23.3 Å². The minimum Gasteiger partial charge on any atom is -0.384 e. The number of hydrogen-bond donors (Lipinski definition) is 2. The molecular formula is C13H15N3O. The maximum atomic E-state index is 11.3. The van der Waals surface area contributed by atoms with Crippen LogP contribution in [0.2, 0.25) is 0 Å². The predicted molar refractivity (Wildman–Crippen MR) is 67.5 cm³/mol. The molecule has 0 spiro atoms. The first kappa shape index (κ1) is 12.8. The second-order valence-electron chi connectivity index (χ2n) is 3.46. The van der Waals surface area contributed by atoms with Crippen LogP contribution in [0.1, 0.15) is 12.0 Å². The Morgan fingerprint density at radius 2 is 2.35 bits per heavy atom. The van der Waals surface area contributed by atoms with Crippen molar-refractivity contribution in [3.8, 4) is 6.07 Å². The Morgan fingerprint density at radius 1 is 1.53 bits per heavy atom. The fraction of sp³-hybridized carbons (Fsp3) is 0.231. The first-order valence-corrected chi connectivity index (χ1v) is 5.38. The molecular weight excluding hydrogens is 214 g/mol. The molecule has 0 unspecified atom stereocenters. The van der Waals surface area contributed by atoms with Gasteiger partial charge in [-0.2, -0.15) is 5.26 Å². The van der Waals surface area contributed by atoms with Gasteiger partial charge in [-0.25, -0.2) is 0 Å². The number of nitrogens with zero attached hydrogens (tertiary/aromatic N) is 1. The third-order valence-corrected chi connectivity index (χ3v) is 2.12. The number of nitriles is 1. The van der Waals surface area contributed by atoms with Gasteiger partial charge in [0.05, 0.1) is 11.6 Å².